The summed E-state index contributed by atoms with van der Waals surface area (Å²) in [7, 11) is 0. The smallest absolute Gasteiger partial charge is 0.258 e. The third-order valence-electron chi connectivity index (χ3n) is 2.19. The molecule has 0 amide bonds. The lowest BCUT2D eigenvalue weighted by Crippen LogP contribution is -2.07. The first-order valence-electron chi connectivity index (χ1n) is 4.58. The third kappa shape index (κ3) is 3.05. The first-order valence-corrected chi connectivity index (χ1v) is 4.58. The van der Waals surface area contributed by atoms with Crippen LogP contribution < -0.4 is 0 Å². The number of benzene rings is 1. The average Bonchev–Trinajstić information content (AvgIpc) is 2.26. The van der Waals surface area contributed by atoms with Crippen molar-refractivity contribution in [3.05, 3.63) is 59.0 Å². The highest BCUT2D eigenvalue weighted by molar-refractivity contribution is 5.43. The quantitative estimate of drug-likeness (QED) is 0.462. The molecule has 0 aliphatic carbocycles. The van der Waals surface area contributed by atoms with E-state index in [1.165, 1.54) is 6.08 Å². The van der Waals surface area contributed by atoms with Gasteiger partial charge in [-0.05, 0) is 18.6 Å². The molecule has 1 aromatic rings. The van der Waals surface area contributed by atoms with Gasteiger partial charge in [0.2, 0.25) is 0 Å². The number of alkyl halides is 3. The highest BCUT2D eigenvalue weighted by atomic mass is 19.4. The second-order valence-corrected chi connectivity index (χ2v) is 3.41. The van der Waals surface area contributed by atoms with Crippen LogP contribution >= 0.6 is 0 Å². The van der Waals surface area contributed by atoms with E-state index in [0.29, 0.717) is 6.07 Å². The summed E-state index contributed by atoms with van der Waals surface area (Å²) in [6.45, 7) is 6.93. The Balaban J connectivity index is 3.38. The van der Waals surface area contributed by atoms with Crippen LogP contribution in [0.15, 0.2) is 30.9 Å². The summed E-state index contributed by atoms with van der Waals surface area (Å²) in [6, 6.07) is 2.40. The zero-order valence-electron chi connectivity index (χ0n) is 8.70. The highest BCUT2D eigenvalue weighted by Crippen LogP contribution is 2.34. The summed E-state index contributed by atoms with van der Waals surface area (Å²) in [6.07, 6.45) is -3.30. The molecule has 1 atom stereocenters. The number of nitro groups is 1. The van der Waals surface area contributed by atoms with Gasteiger partial charge in [-0.1, -0.05) is 6.08 Å². The van der Waals surface area contributed by atoms with Crippen molar-refractivity contribution in [3.63, 3.8) is 0 Å². The van der Waals surface area contributed by atoms with E-state index < -0.39 is 28.3 Å². The van der Waals surface area contributed by atoms with E-state index in [4.69, 9.17) is 0 Å². The fourth-order valence-corrected chi connectivity index (χ4v) is 1.25. The number of hydrogen-bond acceptors (Lipinski definition) is 2. The first-order chi connectivity index (χ1) is 7.75. The molecule has 6 heteroatoms. The highest BCUT2D eigenvalue weighted by Gasteiger charge is 2.33. The normalized spacial score (nSPS) is 13.2. The Morgan fingerprint density at radius 2 is 1.94 bits per heavy atom. The van der Waals surface area contributed by atoms with Gasteiger partial charge in [0.15, 0.2) is 0 Å². The minimum Gasteiger partial charge on any atom is -0.258 e. The molecule has 0 aliphatic heterocycles. The van der Waals surface area contributed by atoms with Crippen LogP contribution in [0.1, 0.15) is 17.0 Å². The van der Waals surface area contributed by atoms with Crippen molar-refractivity contribution in [2.45, 2.75) is 12.1 Å². The molecule has 0 heterocycles. The van der Waals surface area contributed by atoms with E-state index in [-0.39, 0.29) is 5.56 Å². The van der Waals surface area contributed by atoms with E-state index in [1.807, 2.05) is 0 Å². The van der Waals surface area contributed by atoms with Crippen molar-refractivity contribution in [2.75, 3.05) is 0 Å². The van der Waals surface area contributed by atoms with Crippen LogP contribution in [-0.4, -0.2) is 4.92 Å². The van der Waals surface area contributed by atoms with Crippen LogP contribution in [0, 0.1) is 17.0 Å². The van der Waals surface area contributed by atoms with Gasteiger partial charge in [-0.3, -0.25) is 10.1 Å². The Hall–Kier alpha value is -1.85. The third-order valence-corrected chi connectivity index (χ3v) is 2.19. The maximum Gasteiger partial charge on any atom is 0.416 e. The summed E-state index contributed by atoms with van der Waals surface area (Å²) in [5.74, 6) is -0.629. The standard InChI is InChI=1S/C11H9F3NO2/c1-3-7(2)8-4-9(11(12,13)14)6-10(5-8)15(16)17/h3-7H,1-2H2. The van der Waals surface area contributed by atoms with Crippen LogP contribution in [0.4, 0.5) is 18.9 Å². The monoisotopic (exact) mass is 244 g/mol. The maximum atomic E-state index is 12.5. The number of hydrogen-bond donors (Lipinski definition) is 0. The van der Waals surface area contributed by atoms with E-state index in [1.54, 1.807) is 0 Å². The lowest BCUT2D eigenvalue weighted by molar-refractivity contribution is -0.385. The summed E-state index contributed by atoms with van der Waals surface area (Å²) >= 11 is 0. The van der Waals surface area contributed by atoms with Crippen molar-refractivity contribution in [3.8, 4) is 0 Å². The molecule has 0 spiro atoms. The van der Waals surface area contributed by atoms with Crippen molar-refractivity contribution in [1.29, 1.82) is 0 Å². The Labute approximate surface area is 95.7 Å². The van der Waals surface area contributed by atoms with E-state index in [9.17, 15) is 23.3 Å². The molecule has 0 N–H and O–H groups in total. The summed E-state index contributed by atoms with van der Waals surface area (Å²) in [4.78, 5) is 9.67. The predicted octanol–water partition coefficient (Wildman–Crippen LogP) is 3.72. The molecule has 91 valence electrons. The van der Waals surface area contributed by atoms with Gasteiger partial charge in [0.05, 0.1) is 10.5 Å². The fourth-order valence-electron chi connectivity index (χ4n) is 1.25. The van der Waals surface area contributed by atoms with Crippen LogP contribution in [0.25, 0.3) is 0 Å². The molecule has 17 heavy (non-hydrogen) atoms. The Kier molecular flexibility index (Phi) is 3.55. The Bertz CT molecular complexity index is 455. The number of rotatable bonds is 3. The van der Waals surface area contributed by atoms with Gasteiger partial charge in [-0.25, -0.2) is 0 Å². The number of halogens is 3. The van der Waals surface area contributed by atoms with Crippen LogP contribution in [0.2, 0.25) is 0 Å². The van der Waals surface area contributed by atoms with Gasteiger partial charge in [0.25, 0.3) is 5.69 Å². The molecular weight excluding hydrogens is 235 g/mol. The molecule has 0 bridgehead atoms. The van der Waals surface area contributed by atoms with Gasteiger partial charge < -0.3 is 0 Å². The fraction of sp³-hybridized carbons (Fsp3) is 0.182. The number of allylic oxidation sites excluding steroid dienone is 1. The maximum absolute atomic E-state index is 12.5. The van der Waals surface area contributed by atoms with Gasteiger partial charge in [0.1, 0.15) is 0 Å². The van der Waals surface area contributed by atoms with Gasteiger partial charge in [-0.2, -0.15) is 13.2 Å². The van der Waals surface area contributed by atoms with Crippen LogP contribution in [0.5, 0.6) is 0 Å². The summed E-state index contributed by atoms with van der Waals surface area (Å²) in [5, 5.41) is 10.5. The van der Waals surface area contributed by atoms with Gasteiger partial charge in [-0.15, -0.1) is 6.58 Å². The molecule has 0 saturated heterocycles. The second-order valence-electron chi connectivity index (χ2n) is 3.41. The number of non-ortho nitro benzene ring substituents is 1. The molecule has 0 fully saturated rings. The minimum absolute atomic E-state index is 0.113. The second kappa shape index (κ2) is 4.57. The molecule has 1 unspecified atom stereocenters. The lowest BCUT2D eigenvalue weighted by Gasteiger charge is -2.11. The molecule has 3 nitrogen and oxygen atoms in total. The Morgan fingerprint density at radius 3 is 2.35 bits per heavy atom. The van der Waals surface area contributed by atoms with E-state index >= 15 is 0 Å². The van der Waals surface area contributed by atoms with E-state index in [0.717, 1.165) is 12.1 Å². The van der Waals surface area contributed by atoms with Crippen LogP contribution in [-0.2, 0) is 6.18 Å². The molecule has 1 aromatic carbocycles. The molecule has 1 radical (unpaired) electrons. The largest absolute Gasteiger partial charge is 0.416 e. The SMILES string of the molecule is [CH2]C(C=C)c1cc([N+](=O)[O-])cc(C(F)(F)F)c1. The van der Waals surface area contributed by atoms with Gasteiger partial charge >= 0.3 is 6.18 Å². The molecule has 1 rings (SSSR count). The molecule has 0 aliphatic rings. The van der Waals surface area contributed by atoms with E-state index in [2.05, 4.69) is 13.5 Å². The Morgan fingerprint density at radius 1 is 1.35 bits per heavy atom. The number of nitro benzene ring substituents is 1. The zero-order chi connectivity index (χ0) is 13.2. The molecular formula is C11H9F3NO2. The average molecular weight is 244 g/mol. The van der Waals surface area contributed by atoms with Gasteiger partial charge in [0, 0.05) is 18.1 Å². The number of nitrogens with zero attached hydrogens (tertiary/aromatic N) is 1. The minimum atomic E-state index is -4.62. The molecule has 0 aromatic heterocycles. The topological polar surface area (TPSA) is 43.1 Å². The van der Waals surface area contributed by atoms with Crippen molar-refractivity contribution >= 4 is 5.69 Å². The zero-order valence-corrected chi connectivity index (χ0v) is 8.70. The first kappa shape index (κ1) is 13.2. The summed E-state index contributed by atoms with van der Waals surface area (Å²) in [5.41, 5.74) is -1.55. The van der Waals surface area contributed by atoms with Crippen LogP contribution in [0.3, 0.4) is 0 Å². The van der Waals surface area contributed by atoms with Crippen molar-refractivity contribution in [2.24, 2.45) is 0 Å². The lowest BCUT2D eigenvalue weighted by atomic mass is 9.98. The van der Waals surface area contributed by atoms with Crippen molar-refractivity contribution < 1.29 is 18.1 Å². The van der Waals surface area contributed by atoms with Crippen molar-refractivity contribution in [1.82, 2.24) is 0 Å². The predicted molar refractivity (Wildman–Crippen MR) is 56.4 cm³/mol. The summed E-state index contributed by atoms with van der Waals surface area (Å²) < 4.78 is 37.5. The molecule has 0 saturated carbocycles.